The van der Waals surface area contributed by atoms with Gasteiger partial charge in [0, 0.05) is 11.8 Å². The van der Waals surface area contributed by atoms with E-state index in [1.54, 1.807) is 49.4 Å². The zero-order valence-electron chi connectivity index (χ0n) is 14.6. The van der Waals surface area contributed by atoms with Gasteiger partial charge in [-0.05, 0) is 43.3 Å². The van der Waals surface area contributed by atoms with Gasteiger partial charge in [0.1, 0.15) is 5.82 Å². The Kier molecular flexibility index (Phi) is 5.61. The Hall–Kier alpha value is -3.48. The molecule has 7 heteroatoms. The third kappa shape index (κ3) is 4.58. The minimum atomic E-state index is -0.425. The number of halogens is 1. The van der Waals surface area contributed by atoms with Gasteiger partial charge in [-0.3, -0.25) is 4.79 Å². The summed E-state index contributed by atoms with van der Waals surface area (Å²) in [7, 11) is 0. The van der Waals surface area contributed by atoms with Crippen LogP contribution in [0.4, 0.5) is 10.1 Å². The van der Waals surface area contributed by atoms with Gasteiger partial charge in [0.25, 0.3) is 0 Å². The predicted octanol–water partition coefficient (Wildman–Crippen LogP) is 3.84. The van der Waals surface area contributed by atoms with Gasteiger partial charge in [0.15, 0.2) is 5.76 Å². The molecule has 0 aliphatic heterocycles. The van der Waals surface area contributed by atoms with Gasteiger partial charge < -0.3 is 14.6 Å². The van der Waals surface area contributed by atoms with Crippen LogP contribution in [0.1, 0.15) is 23.0 Å². The molecule has 0 radical (unpaired) electrons. The second-order valence-corrected chi connectivity index (χ2v) is 5.69. The Balaban J connectivity index is 1.61. The Labute approximate surface area is 154 Å². The van der Waals surface area contributed by atoms with Crippen molar-refractivity contribution in [3.63, 3.8) is 0 Å². The number of carbonyl (C=O) groups is 2. The molecule has 0 saturated carbocycles. The molecule has 3 rings (SSSR count). The van der Waals surface area contributed by atoms with Gasteiger partial charge in [-0.2, -0.15) is 0 Å². The number of anilines is 1. The highest BCUT2D eigenvalue weighted by molar-refractivity contribution is 5.93. The Bertz CT molecular complexity index is 951. The predicted molar refractivity (Wildman–Crippen MR) is 96.6 cm³/mol. The van der Waals surface area contributed by atoms with Gasteiger partial charge in [-0.1, -0.05) is 17.3 Å². The number of hydrogen-bond acceptors (Lipinski definition) is 5. The topological polar surface area (TPSA) is 81.4 Å². The molecule has 1 aromatic heterocycles. The smallest absolute Gasteiger partial charge is 0.338 e. The average molecular weight is 368 g/mol. The summed E-state index contributed by atoms with van der Waals surface area (Å²) in [6.45, 7) is 2.03. The molecule has 1 N–H and O–H groups in total. The summed E-state index contributed by atoms with van der Waals surface area (Å²) in [5, 5.41) is 6.51. The van der Waals surface area contributed by atoms with Crippen molar-refractivity contribution in [3.8, 4) is 11.3 Å². The molecule has 0 atom stereocenters. The molecule has 6 nitrogen and oxygen atoms in total. The maximum atomic E-state index is 13.8. The second kappa shape index (κ2) is 8.27. The summed E-state index contributed by atoms with van der Waals surface area (Å²) in [4.78, 5) is 23.8. The molecule has 3 aromatic rings. The second-order valence-electron chi connectivity index (χ2n) is 5.69. The van der Waals surface area contributed by atoms with Crippen molar-refractivity contribution >= 4 is 17.6 Å². The first-order valence-corrected chi connectivity index (χ1v) is 8.34. The molecule has 0 saturated heterocycles. The molecule has 0 spiro atoms. The van der Waals surface area contributed by atoms with Crippen molar-refractivity contribution in [1.29, 1.82) is 0 Å². The number of esters is 1. The maximum Gasteiger partial charge on any atom is 0.338 e. The van der Waals surface area contributed by atoms with Gasteiger partial charge in [-0.15, -0.1) is 0 Å². The van der Waals surface area contributed by atoms with E-state index in [0.717, 1.165) is 0 Å². The van der Waals surface area contributed by atoms with Crippen LogP contribution in [0.3, 0.4) is 0 Å². The van der Waals surface area contributed by atoms with E-state index in [9.17, 15) is 14.0 Å². The van der Waals surface area contributed by atoms with Gasteiger partial charge in [0.2, 0.25) is 5.91 Å². The van der Waals surface area contributed by atoms with E-state index in [0.29, 0.717) is 23.6 Å². The van der Waals surface area contributed by atoms with Crippen molar-refractivity contribution in [3.05, 3.63) is 71.7 Å². The van der Waals surface area contributed by atoms with Crippen molar-refractivity contribution in [2.75, 3.05) is 11.9 Å². The normalized spacial score (nSPS) is 10.4. The third-order valence-electron chi connectivity index (χ3n) is 3.72. The summed E-state index contributed by atoms with van der Waals surface area (Å²) < 4.78 is 23.8. The number of amides is 1. The lowest BCUT2D eigenvalue weighted by Crippen LogP contribution is -2.14. The van der Waals surface area contributed by atoms with Crippen LogP contribution in [-0.4, -0.2) is 23.6 Å². The van der Waals surface area contributed by atoms with E-state index in [1.807, 2.05) is 0 Å². The average Bonchev–Trinajstić information content (AvgIpc) is 3.11. The summed E-state index contributed by atoms with van der Waals surface area (Å²) in [5.74, 6) is -0.896. The first-order chi connectivity index (χ1) is 13.1. The highest BCUT2D eigenvalue weighted by Gasteiger charge is 2.14. The van der Waals surface area contributed by atoms with Gasteiger partial charge in [-0.25, -0.2) is 9.18 Å². The van der Waals surface area contributed by atoms with Crippen molar-refractivity contribution in [2.45, 2.75) is 13.3 Å². The maximum absolute atomic E-state index is 13.8. The number of nitrogens with one attached hydrogen (secondary N) is 1. The SMILES string of the molecule is CCOC(=O)c1ccc(NC(=O)Cc2cc(-c3ccccc3F)on2)cc1. The molecule has 0 bridgehead atoms. The number of ether oxygens (including phenoxy) is 1. The summed E-state index contributed by atoms with van der Waals surface area (Å²) in [6, 6.07) is 14.1. The fraction of sp³-hybridized carbons (Fsp3) is 0.150. The number of benzene rings is 2. The molecule has 27 heavy (non-hydrogen) atoms. The summed E-state index contributed by atoms with van der Waals surface area (Å²) in [5.41, 5.74) is 1.60. The first kappa shape index (κ1) is 18.3. The summed E-state index contributed by atoms with van der Waals surface area (Å²) >= 11 is 0. The number of carbonyl (C=O) groups excluding carboxylic acids is 2. The molecule has 0 unspecified atom stereocenters. The monoisotopic (exact) mass is 368 g/mol. The fourth-order valence-electron chi connectivity index (χ4n) is 2.46. The summed E-state index contributed by atoms with van der Waals surface area (Å²) in [6.07, 6.45) is -0.0302. The van der Waals surface area contributed by atoms with Crippen molar-refractivity contribution in [1.82, 2.24) is 5.16 Å². The molecule has 2 aromatic carbocycles. The van der Waals surface area contributed by atoms with E-state index in [1.165, 1.54) is 12.1 Å². The Morgan fingerprint density at radius 2 is 1.89 bits per heavy atom. The Morgan fingerprint density at radius 3 is 2.59 bits per heavy atom. The largest absolute Gasteiger partial charge is 0.462 e. The minimum Gasteiger partial charge on any atom is -0.462 e. The van der Waals surface area contributed by atoms with Crippen LogP contribution in [0.2, 0.25) is 0 Å². The molecule has 138 valence electrons. The fourth-order valence-corrected chi connectivity index (χ4v) is 2.46. The lowest BCUT2D eigenvalue weighted by molar-refractivity contribution is -0.115. The van der Waals surface area contributed by atoms with Crippen LogP contribution in [-0.2, 0) is 16.0 Å². The van der Waals surface area contributed by atoms with Crippen LogP contribution in [0.25, 0.3) is 11.3 Å². The molecule has 0 aliphatic rings. The number of rotatable bonds is 6. The quantitative estimate of drug-likeness (QED) is 0.669. The highest BCUT2D eigenvalue weighted by Crippen LogP contribution is 2.23. The lowest BCUT2D eigenvalue weighted by Gasteiger charge is -2.05. The molecule has 0 aliphatic carbocycles. The van der Waals surface area contributed by atoms with Crippen molar-refractivity contribution in [2.24, 2.45) is 0 Å². The van der Waals surface area contributed by atoms with Crippen LogP contribution >= 0.6 is 0 Å². The van der Waals surface area contributed by atoms with Crippen LogP contribution in [0, 0.1) is 5.82 Å². The number of aromatic nitrogens is 1. The third-order valence-corrected chi connectivity index (χ3v) is 3.72. The minimum absolute atomic E-state index is 0.0302. The number of nitrogens with zero attached hydrogens (tertiary/aromatic N) is 1. The Morgan fingerprint density at radius 1 is 1.15 bits per heavy atom. The van der Waals surface area contributed by atoms with E-state index in [4.69, 9.17) is 9.26 Å². The zero-order valence-corrected chi connectivity index (χ0v) is 14.6. The molecule has 1 heterocycles. The molecule has 1 amide bonds. The van der Waals surface area contributed by atoms with Crippen LogP contribution in [0.15, 0.2) is 59.1 Å². The first-order valence-electron chi connectivity index (χ1n) is 8.34. The van der Waals surface area contributed by atoms with E-state index >= 15 is 0 Å². The van der Waals surface area contributed by atoms with E-state index in [-0.39, 0.29) is 23.7 Å². The van der Waals surface area contributed by atoms with Gasteiger partial charge in [0.05, 0.1) is 29.8 Å². The number of hydrogen-bond donors (Lipinski definition) is 1. The molecular formula is C20H17FN2O4. The zero-order chi connectivity index (χ0) is 19.2. The van der Waals surface area contributed by atoms with Crippen molar-refractivity contribution < 1.29 is 23.2 Å². The highest BCUT2D eigenvalue weighted by atomic mass is 19.1. The van der Waals surface area contributed by atoms with E-state index < -0.39 is 11.8 Å². The van der Waals surface area contributed by atoms with Crippen LogP contribution < -0.4 is 5.32 Å². The molecule has 0 fully saturated rings. The lowest BCUT2D eigenvalue weighted by atomic mass is 10.1. The van der Waals surface area contributed by atoms with Crippen LogP contribution in [0.5, 0.6) is 0 Å². The van der Waals surface area contributed by atoms with Gasteiger partial charge >= 0.3 is 5.97 Å². The van der Waals surface area contributed by atoms with E-state index in [2.05, 4.69) is 10.5 Å². The molecular weight excluding hydrogens is 351 g/mol. The standard InChI is InChI=1S/C20H17FN2O4/c1-2-26-20(25)13-7-9-14(10-8-13)22-19(24)12-15-11-18(27-23-15)16-5-3-4-6-17(16)21/h3-11H,2,12H2,1H3,(H,22,24).